The maximum absolute atomic E-state index is 15.1. The quantitative estimate of drug-likeness (QED) is 0.193. The van der Waals surface area contributed by atoms with Gasteiger partial charge in [0.15, 0.2) is 11.6 Å². The third-order valence-corrected chi connectivity index (χ3v) is 7.24. The van der Waals surface area contributed by atoms with Crippen molar-refractivity contribution in [3.8, 4) is 27.8 Å². The summed E-state index contributed by atoms with van der Waals surface area (Å²) in [4.78, 5) is 29.8. The summed E-state index contributed by atoms with van der Waals surface area (Å²) in [7, 11) is 1.50. The van der Waals surface area contributed by atoms with Gasteiger partial charge in [-0.25, -0.2) is 9.37 Å². The van der Waals surface area contributed by atoms with Gasteiger partial charge in [0.2, 0.25) is 5.91 Å². The number of ether oxygens (including phenoxy) is 2. The number of fused-ring (bicyclic) bond motifs is 1. The Bertz CT molecular complexity index is 1750. The van der Waals surface area contributed by atoms with E-state index in [1.54, 1.807) is 37.3 Å². The van der Waals surface area contributed by atoms with E-state index in [1.165, 1.54) is 30.6 Å². The van der Waals surface area contributed by atoms with Gasteiger partial charge in [0, 0.05) is 22.7 Å². The van der Waals surface area contributed by atoms with Crippen LogP contribution < -0.4 is 20.1 Å². The van der Waals surface area contributed by atoms with Crippen LogP contribution in [0.5, 0.6) is 17.2 Å². The Balaban J connectivity index is 1.37. The van der Waals surface area contributed by atoms with Crippen LogP contribution in [-0.4, -0.2) is 23.9 Å². The minimum absolute atomic E-state index is 0.0293. The molecule has 5 rings (SSSR count). The van der Waals surface area contributed by atoms with Crippen LogP contribution in [0.2, 0.25) is 0 Å². The highest BCUT2D eigenvalue weighted by Gasteiger charge is 2.18. The number of carbonyl (C=O) groups excluding carboxylic acids is 2. The molecule has 2 N–H and O–H groups in total. The van der Waals surface area contributed by atoms with E-state index < -0.39 is 11.7 Å². The Morgan fingerprint density at radius 2 is 1.75 bits per heavy atom. The zero-order valence-electron chi connectivity index (χ0n) is 21.7. The molecule has 0 bridgehead atoms. The van der Waals surface area contributed by atoms with Gasteiger partial charge in [0.05, 0.1) is 18.5 Å². The van der Waals surface area contributed by atoms with Crippen LogP contribution in [0.3, 0.4) is 0 Å². The van der Waals surface area contributed by atoms with Gasteiger partial charge in [0.1, 0.15) is 21.4 Å². The summed E-state index contributed by atoms with van der Waals surface area (Å²) in [5, 5.41) is 7.58. The molecule has 200 valence electrons. The molecular weight excluding hydrogens is 529 g/mol. The summed E-state index contributed by atoms with van der Waals surface area (Å²) in [6, 6.07) is 22.6. The number of carbonyl (C=O) groups is 2. The summed E-state index contributed by atoms with van der Waals surface area (Å²) in [5.74, 6) is -0.628. The van der Waals surface area contributed by atoms with Crippen molar-refractivity contribution >= 4 is 45.3 Å². The second-order valence-corrected chi connectivity index (χ2v) is 9.72. The van der Waals surface area contributed by atoms with Gasteiger partial charge in [-0.1, -0.05) is 49.0 Å². The smallest absolute Gasteiger partial charge is 0.267 e. The molecule has 0 aliphatic rings. The number of hydrogen-bond donors (Lipinski definition) is 2. The summed E-state index contributed by atoms with van der Waals surface area (Å²) in [5.41, 5.74) is 2.21. The molecule has 4 aromatic carbocycles. The molecule has 0 unspecified atom stereocenters. The van der Waals surface area contributed by atoms with E-state index in [4.69, 9.17) is 9.47 Å². The third-order valence-electron chi connectivity index (χ3n) is 6.04. The lowest BCUT2D eigenvalue weighted by atomic mass is 10.1. The van der Waals surface area contributed by atoms with E-state index >= 15 is 4.39 Å². The highest BCUT2D eigenvalue weighted by molar-refractivity contribution is 7.17. The number of aromatic nitrogens is 1. The first-order valence-corrected chi connectivity index (χ1v) is 13.0. The first-order chi connectivity index (χ1) is 19.4. The fourth-order valence-electron chi connectivity index (χ4n) is 4.09. The van der Waals surface area contributed by atoms with Gasteiger partial charge in [-0.15, -0.1) is 11.3 Å². The fraction of sp³-hybridized carbons (Fsp3) is 0.0645. The highest BCUT2D eigenvalue weighted by atomic mass is 32.1. The summed E-state index contributed by atoms with van der Waals surface area (Å²) in [6.45, 7) is 5.24. The summed E-state index contributed by atoms with van der Waals surface area (Å²) in [6.07, 6.45) is 1.15. The van der Waals surface area contributed by atoms with E-state index in [0.29, 0.717) is 33.1 Å². The fourth-order valence-corrected chi connectivity index (χ4v) is 5.06. The van der Waals surface area contributed by atoms with Crippen LogP contribution in [0.25, 0.3) is 21.3 Å². The van der Waals surface area contributed by atoms with Crippen LogP contribution in [0.4, 0.5) is 15.8 Å². The molecular formula is C31H24FN3O4S. The number of rotatable bonds is 8. The minimum Gasteiger partial charge on any atom is -0.495 e. The van der Waals surface area contributed by atoms with Gasteiger partial charge >= 0.3 is 0 Å². The molecule has 7 nitrogen and oxygen atoms in total. The Kier molecular flexibility index (Phi) is 7.56. The topological polar surface area (TPSA) is 89.6 Å². The van der Waals surface area contributed by atoms with E-state index in [2.05, 4.69) is 22.2 Å². The van der Waals surface area contributed by atoms with Crippen molar-refractivity contribution in [3.63, 3.8) is 0 Å². The number of anilines is 2. The summed E-state index contributed by atoms with van der Waals surface area (Å²) >= 11 is 1.28. The number of nitrogens with zero attached hydrogens (tertiary/aromatic N) is 1. The maximum atomic E-state index is 15.1. The number of thiazole rings is 1. The van der Waals surface area contributed by atoms with Crippen LogP contribution in [0.1, 0.15) is 15.4 Å². The van der Waals surface area contributed by atoms with Gasteiger partial charge in [-0.05, 0) is 48.7 Å². The number of benzene rings is 4. The Labute approximate surface area is 233 Å². The maximum Gasteiger partial charge on any atom is 0.267 e. The molecule has 40 heavy (non-hydrogen) atoms. The van der Waals surface area contributed by atoms with Crippen molar-refractivity contribution in [2.24, 2.45) is 0 Å². The molecule has 0 aliphatic heterocycles. The zero-order chi connectivity index (χ0) is 28.2. The van der Waals surface area contributed by atoms with Crippen molar-refractivity contribution < 1.29 is 23.5 Å². The molecule has 0 atom stereocenters. The van der Waals surface area contributed by atoms with Crippen molar-refractivity contribution in [1.82, 2.24) is 4.98 Å². The minimum atomic E-state index is -0.658. The molecule has 0 fully saturated rings. The molecule has 0 saturated heterocycles. The average Bonchev–Trinajstić information content (AvgIpc) is 3.36. The molecule has 0 aliphatic carbocycles. The molecule has 2 amide bonds. The summed E-state index contributed by atoms with van der Waals surface area (Å²) < 4.78 is 26.5. The monoisotopic (exact) mass is 553 g/mol. The highest BCUT2D eigenvalue weighted by Crippen LogP contribution is 2.38. The first-order valence-electron chi connectivity index (χ1n) is 12.2. The normalized spacial score (nSPS) is 10.7. The van der Waals surface area contributed by atoms with E-state index in [-0.39, 0.29) is 17.3 Å². The van der Waals surface area contributed by atoms with Gasteiger partial charge in [-0.2, -0.15) is 0 Å². The molecule has 1 aromatic heterocycles. The number of methoxy groups -OCH3 is 1. The molecule has 5 aromatic rings. The predicted molar refractivity (Wildman–Crippen MR) is 156 cm³/mol. The number of nitrogens with one attached hydrogen (secondary N) is 2. The van der Waals surface area contributed by atoms with E-state index in [1.807, 2.05) is 36.4 Å². The van der Waals surface area contributed by atoms with Crippen molar-refractivity contribution in [1.29, 1.82) is 0 Å². The lowest BCUT2D eigenvalue weighted by Crippen LogP contribution is -2.11. The Morgan fingerprint density at radius 3 is 2.48 bits per heavy atom. The van der Waals surface area contributed by atoms with Crippen molar-refractivity contribution in [3.05, 3.63) is 108 Å². The number of aryl methyl sites for hydroxylation is 1. The molecule has 9 heteroatoms. The SMILES string of the molecule is C=CC(=O)Nc1cc2c(Oc3ccc(NC(=O)c4sc(-c5ccccc5)nc4C)cc3F)cccc2cc1OC. The lowest BCUT2D eigenvalue weighted by molar-refractivity contribution is -0.111. The first kappa shape index (κ1) is 26.6. The van der Waals surface area contributed by atoms with Crippen molar-refractivity contribution in [2.45, 2.75) is 6.92 Å². The van der Waals surface area contributed by atoms with Crippen LogP contribution in [0.15, 0.2) is 91.5 Å². The Morgan fingerprint density at radius 1 is 0.950 bits per heavy atom. The standard InChI is InChI=1S/C31H24FN3O4S/c1-4-28(36)35-24-17-22-20(15-27(24)38-3)11-8-12-25(22)39-26-14-13-21(16-23(26)32)34-30(37)29-18(2)33-31(40-29)19-9-6-5-7-10-19/h4-17H,1H2,2-3H3,(H,34,37)(H,35,36). The average molecular weight is 554 g/mol. The van der Waals surface area contributed by atoms with E-state index in [0.717, 1.165) is 22.0 Å². The Hall–Kier alpha value is -5.02. The molecule has 0 saturated carbocycles. The largest absolute Gasteiger partial charge is 0.495 e. The van der Waals surface area contributed by atoms with Crippen molar-refractivity contribution in [2.75, 3.05) is 17.7 Å². The number of hydrogen-bond acceptors (Lipinski definition) is 6. The van der Waals surface area contributed by atoms with Gasteiger partial charge in [-0.3, -0.25) is 9.59 Å². The van der Waals surface area contributed by atoms with Crippen LogP contribution in [0, 0.1) is 12.7 Å². The second kappa shape index (κ2) is 11.4. The number of halogens is 1. The lowest BCUT2D eigenvalue weighted by Gasteiger charge is -2.14. The molecule has 0 radical (unpaired) electrons. The van der Waals surface area contributed by atoms with Crippen LogP contribution >= 0.6 is 11.3 Å². The zero-order valence-corrected chi connectivity index (χ0v) is 22.5. The predicted octanol–water partition coefficient (Wildman–Crippen LogP) is 7.59. The second-order valence-electron chi connectivity index (χ2n) is 8.72. The van der Waals surface area contributed by atoms with E-state index in [9.17, 15) is 9.59 Å². The third kappa shape index (κ3) is 5.55. The molecule has 1 heterocycles. The van der Waals surface area contributed by atoms with Gasteiger partial charge < -0.3 is 20.1 Å². The van der Waals surface area contributed by atoms with Crippen LogP contribution in [-0.2, 0) is 4.79 Å². The van der Waals surface area contributed by atoms with Gasteiger partial charge in [0.25, 0.3) is 5.91 Å². The molecule has 0 spiro atoms. The number of amides is 2.